The first kappa shape index (κ1) is 13.4. The number of hydrogen-bond donors (Lipinski definition) is 0. The molecule has 1 heterocycles. The lowest BCUT2D eigenvalue weighted by Crippen LogP contribution is -2.28. The molecular formula is C14H16O5S. The van der Waals surface area contributed by atoms with Gasteiger partial charge in [-0.05, 0) is 25.0 Å². The fourth-order valence-corrected chi connectivity index (χ4v) is 4.44. The number of Topliss-reactive ketones (excluding diaryl/α,β-unsaturated/α-hetero) is 1. The summed E-state index contributed by atoms with van der Waals surface area (Å²) in [5.74, 6) is 1.05. The number of benzene rings is 1. The Morgan fingerprint density at radius 1 is 1.10 bits per heavy atom. The molecule has 0 radical (unpaired) electrons. The van der Waals surface area contributed by atoms with Crippen molar-refractivity contribution in [1.29, 1.82) is 0 Å². The van der Waals surface area contributed by atoms with Gasteiger partial charge in [0.15, 0.2) is 21.3 Å². The van der Waals surface area contributed by atoms with Gasteiger partial charge >= 0.3 is 0 Å². The Kier molecular flexibility index (Phi) is 3.41. The van der Waals surface area contributed by atoms with Gasteiger partial charge in [0.1, 0.15) is 19.0 Å². The highest BCUT2D eigenvalue weighted by Crippen LogP contribution is 2.35. The van der Waals surface area contributed by atoms with Gasteiger partial charge in [-0.1, -0.05) is 0 Å². The topological polar surface area (TPSA) is 69.7 Å². The normalized spacial score (nSPS) is 22.6. The van der Waals surface area contributed by atoms with Gasteiger partial charge in [0.25, 0.3) is 0 Å². The second-order valence-electron chi connectivity index (χ2n) is 5.11. The number of ether oxygens (including phenoxy) is 2. The van der Waals surface area contributed by atoms with E-state index in [-0.39, 0.29) is 17.1 Å². The van der Waals surface area contributed by atoms with E-state index >= 15 is 0 Å². The summed E-state index contributed by atoms with van der Waals surface area (Å²) in [6.07, 6.45) is 1.81. The number of ketones is 1. The van der Waals surface area contributed by atoms with Crippen molar-refractivity contribution >= 4 is 15.6 Å². The molecule has 6 heteroatoms. The average molecular weight is 296 g/mol. The highest BCUT2D eigenvalue weighted by Gasteiger charge is 2.32. The Labute approximate surface area is 117 Å². The van der Waals surface area contributed by atoms with Gasteiger partial charge < -0.3 is 9.47 Å². The molecule has 1 aliphatic heterocycles. The molecule has 1 aliphatic carbocycles. The molecule has 0 spiro atoms. The number of fused-ring (bicyclic) bond motifs is 1. The summed E-state index contributed by atoms with van der Waals surface area (Å²) < 4.78 is 35.9. The van der Waals surface area contributed by atoms with E-state index in [2.05, 4.69) is 0 Å². The third-order valence-electron chi connectivity index (χ3n) is 3.72. The summed E-state index contributed by atoms with van der Waals surface area (Å²) in [6.45, 7) is 0.884. The second kappa shape index (κ2) is 5.09. The molecule has 1 fully saturated rings. The molecule has 1 unspecified atom stereocenters. The maximum Gasteiger partial charge on any atom is 0.181 e. The van der Waals surface area contributed by atoms with Crippen LogP contribution in [0.1, 0.15) is 25.7 Å². The second-order valence-corrected chi connectivity index (χ2v) is 7.34. The van der Waals surface area contributed by atoms with E-state index in [1.165, 1.54) is 12.1 Å². The minimum absolute atomic E-state index is 0.0300. The van der Waals surface area contributed by atoms with Crippen molar-refractivity contribution in [1.82, 2.24) is 0 Å². The fraction of sp³-hybridized carbons (Fsp3) is 0.500. The van der Waals surface area contributed by atoms with Crippen LogP contribution in [0.5, 0.6) is 11.5 Å². The predicted octanol–water partition coefficient (Wildman–Crippen LogP) is 1.74. The number of hydrogen-bond acceptors (Lipinski definition) is 5. The molecule has 0 bridgehead atoms. The molecule has 108 valence electrons. The molecular weight excluding hydrogens is 280 g/mol. The van der Waals surface area contributed by atoms with Crippen molar-refractivity contribution in [3.05, 3.63) is 18.2 Å². The summed E-state index contributed by atoms with van der Waals surface area (Å²) in [5.41, 5.74) is 0. The zero-order valence-corrected chi connectivity index (χ0v) is 11.8. The summed E-state index contributed by atoms with van der Waals surface area (Å²) in [7, 11) is -3.48. The van der Waals surface area contributed by atoms with Crippen LogP contribution in [0.15, 0.2) is 23.1 Å². The molecule has 3 rings (SSSR count). The van der Waals surface area contributed by atoms with Gasteiger partial charge in [-0.2, -0.15) is 0 Å². The molecule has 1 aromatic rings. The van der Waals surface area contributed by atoms with Gasteiger partial charge in [0.2, 0.25) is 0 Å². The lowest BCUT2D eigenvalue weighted by molar-refractivity contribution is -0.120. The van der Waals surface area contributed by atoms with Gasteiger partial charge in [-0.15, -0.1) is 0 Å². The molecule has 0 amide bonds. The number of carbonyl (C=O) groups is 1. The summed E-state index contributed by atoms with van der Waals surface area (Å²) in [4.78, 5) is 11.7. The van der Waals surface area contributed by atoms with E-state index in [1.54, 1.807) is 6.07 Å². The monoisotopic (exact) mass is 296 g/mol. The minimum atomic E-state index is -3.48. The molecule has 0 N–H and O–H groups in total. The molecule has 2 aliphatic rings. The number of rotatable bonds is 2. The summed E-state index contributed by atoms with van der Waals surface area (Å²) in [6, 6.07) is 4.65. The van der Waals surface area contributed by atoms with E-state index in [9.17, 15) is 13.2 Å². The number of carbonyl (C=O) groups excluding carboxylic acids is 1. The molecule has 1 aromatic carbocycles. The van der Waals surface area contributed by atoms with Crippen LogP contribution in [-0.2, 0) is 14.6 Å². The third-order valence-corrected chi connectivity index (χ3v) is 5.91. The maximum atomic E-state index is 12.6. The van der Waals surface area contributed by atoms with Gasteiger partial charge in [-0.3, -0.25) is 4.79 Å². The van der Waals surface area contributed by atoms with Crippen LogP contribution >= 0.6 is 0 Å². The Morgan fingerprint density at radius 2 is 1.85 bits per heavy atom. The van der Waals surface area contributed by atoms with Crippen molar-refractivity contribution in [2.45, 2.75) is 35.8 Å². The zero-order chi connectivity index (χ0) is 14.2. The van der Waals surface area contributed by atoms with E-state index in [1.807, 2.05) is 0 Å². The van der Waals surface area contributed by atoms with Crippen molar-refractivity contribution in [2.75, 3.05) is 13.2 Å². The maximum absolute atomic E-state index is 12.6. The van der Waals surface area contributed by atoms with E-state index < -0.39 is 15.1 Å². The summed E-state index contributed by atoms with van der Waals surface area (Å²) >= 11 is 0. The minimum Gasteiger partial charge on any atom is -0.486 e. The number of sulfone groups is 1. The van der Waals surface area contributed by atoms with E-state index in [0.29, 0.717) is 44.0 Å². The van der Waals surface area contributed by atoms with Gasteiger partial charge in [-0.25, -0.2) is 8.42 Å². The van der Waals surface area contributed by atoms with Crippen molar-refractivity contribution in [2.24, 2.45) is 0 Å². The van der Waals surface area contributed by atoms with Gasteiger partial charge in [0.05, 0.1) is 10.1 Å². The Morgan fingerprint density at radius 3 is 2.60 bits per heavy atom. The van der Waals surface area contributed by atoms with Crippen LogP contribution < -0.4 is 9.47 Å². The predicted molar refractivity (Wildman–Crippen MR) is 71.9 cm³/mol. The highest BCUT2D eigenvalue weighted by atomic mass is 32.2. The molecule has 1 atom stereocenters. The van der Waals surface area contributed by atoms with Crippen LogP contribution in [0.3, 0.4) is 0 Å². The Bertz CT molecular complexity index is 635. The first-order chi connectivity index (χ1) is 9.57. The molecule has 0 saturated heterocycles. The molecule has 5 nitrogen and oxygen atoms in total. The van der Waals surface area contributed by atoms with Gasteiger partial charge in [0, 0.05) is 18.9 Å². The Hall–Kier alpha value is -1.56. The Balaban J connectivity index is 1.92. The summed E-state index contributed by atoms with van der Waals surface area (Å²) in [5, 5.41) is -0.605. The van der Waals surface area contributed by atoms with Crippen LogP contribution in [-0.4, -0.2) is 32.7 Å². The van der Waals surface area contributed by atoms with Crippen molar-refractivity contribution in [3.63, 3.8) is 0 Å². The molecule has 1 saturated carbocycles. The first-order valence-corrected chi connectivity index (χ1v) is 8.27. The SMILES string of the molecule is O=C1CCCC(S(=O)(=O)c2ccc3c(c2)OCCO3)C1. The van der Waals surface area contributed by atoms with Crippen LogP contribution in [0.2, 0.25) is 0 Å². The average Bonchev–Trinajstić information content (AvgIpc) is 2.46. The van der Waals surface area contributed by atoms with Crippen molar-refractivity contribution < 1.29 is 22.7 Å². The van der Waals surface area contributed by atoms with Crippen LogP contribution in [0, 0.1) is 0 Å². The first-order valence-electron chi connectivity index (χ1n) is 6.72. The smallest absolute Gasteiger partial charge is 0.181 e. The van der Waals surface area contributed by atoms with Crippen LogP contribution in [0.25, 0.3) is 0 Å². The quantitative estimate of drug-likeness (QED) is 0.831. The lowest BCUT2D eigenvalue weighted by Gasteiger charge is -2.23. The standard InChI is InChI=1S/C14H16O5S/c15-10-2-1-3-11(8-10)20(16,17)12-4-5-13-14(9-12)19-7-6-18-13/h4-5,9,11H,1-3,6-8H2. The largest absolute Gasteiger partial charge is 0.486 e. The third kappa shape index (κ3) is 2.40. The highest BCUT2D eigenvalue weighted by molar-refractivity contribution is 7.92. The van der Waals surface area contributed by atoms with E-state index in [0.717, 1.165) is 0 Å². The molecule has 0 aromatic heterocycles. The zero-order valence-electron chi connectivity index (χ0n) is 11.0. The van der Waals surface area contributed by atoms with Crippen molar-refractivity contribution in [3.8, 4) is 11.5 Å². The van der Waals surface area contributed by atoms with E-state index in [4.69, 9.17) is 9.47 Å². The fourth-order valence-electron chi connectivity index (χ4n) is 2.64. The lowest BCUT2D eigenvalue weighted by atomic mass is 9.99. The molecule has 20 heavy (non-hydrogen) atoms. The van der Waals surface area contributed by atoms with Crippen LogP contribution in [0.4, 0.5) is 0 Å².